The molecule has 0 spiro atoms. The molecule has 1 aliphatic carbocycles. The number of aromatic nitrogens is 1. The van der Waals surface area contributed by atoms with Gasteiger partial charge >= 0.3 is 0 Å². The zero-order valence-corrected chi connectivity index (χ0v) is 11.7. The van der Waals surface area contributed by atoms with Gasteiger partial charge in [0.05, 0.1) is 16.7 Å². The molecule has 2 N–H and O–H groups in total. The highest BCUT2D eigenvalue weighted by Gasteiger charge is 2.24. The van der Waals surface area contributed by atoms with Crippen LogP contribution in [0.15, 0.2) is 24.3 Å². The van der Waals surface area contributed by atoms with Crippen LogP contribution in [0.25, 0.3) is 5.69 Å². The number of rotatable bonds is 2. The summed E-state index contributed by atoms with van der Waals surface area (Å²) in [5.74, 6) is -0.593. The van der Waals surface area contributed by atoms with Gasteiger partial charge in [0, 0.05) is 23.5 Å². The normalized spacial score (nSPS) is 17.6. The minimum atomic E-state index is -0.596. The molecule has 1 unspecified atom stereocenters. The predicted octanol–water partition coefficient (Wildman–Crippen LogP) is 3.17. The fourth-order valence-electron chi connectivity index (χ4n) is 3.06. The highest BCUT2D eigenvalue weighted by atomic mass is 19.1. The number of halogens is 1. The maximum absolute atomic E-state index is 14.3. The molecule has 0 saturated carbocycles. The van der Waals surface area contributed by atoms with E-state index in [0.29, 0.717) is 5.69 Å². The van der Waals surface area contributed by atoms with E-state index in [9.17, 15) is 14.5 Å². The maximum atomic E-state index is 14.3. The van der Waals surface area contributed by atoms with Crippen molar-refractivity contribution < 1.29 is 9.31 Å². The Morgan fingerprint density at radius 2 is 2.19 bits per heavy atom. The number of aryl methyl sites for hydroxylation is 1. The van der Waals surface area contributed by atoms with Crippen LogP contribution in [-0.4, -0.2) is 9.49 Å². The van der Waals surface area contributed by atoms with Crippen LogP contribution in [0.5, 0.6) is 0 Å². The lowest BCUT2D eigenvalue weighted by Crippen LogP contribution is -2.18. The van der Waals surface area contributed by atoms with Gasteiger partial charge in [0.2, 0.25) is 0 Å². The lowest BCUT2D eigenvalue weighted by atomic mass is 9.93. The maximum Gasteiger partial charge on any atom is 0.272 e. The second kappa shape index (κ2) is 4.96. The summed E-state index contributed by atoms with van der Waals surface area (Å²) in [6, 6.07) is 5.72. The summed E-state index contributed by atoms with van der Waals surface area (Å²) < 4.78 is 16.1. The lowest BCUT2D eigenvalue weighted by Gasteiger charge is -2.21. The zero-order valence-electron chi connectivity index (χ0n) is 11.7. The molecule has 5 nitrogen and oxygen atoms in total. The molecule has 110 valence electrons. The van der Waals surface area contributed by atoms with Crippen molar-refractivity contribution in [1.82, 2.24) is 4.57 Å². The smallest absolute Gasteiger partial charge is 0.272 e. The van der Waals surface area contributed by atoms with Crippen molar-refractivity contribution in [3.05, 3.63) is 57.1 Å². The highest BCUT2D eigenvalue weighted by molar-refractivity contribution is 5.48. The summed E-state index contributed by atoms with van der Waals surface area (Å²) in [4.78, 5) is 10.1. The molecule has 0 saturated heterocycles. The Bertz CT molecular complexity index is 724. The van der Waals surface area contributed by atoms with Crippen LogP contribution < -0.4 is 5.73 Å². The van der Waals surface area contributed by atoms with E-state index >= 15 is 0 Å². The third-order valence-corrected chi connectivity index (χ3v) is 4.03. The average Bonchev–Trinajstić information content (AvgIpc) is 2.77. The van der Waals surface area contributed by atoms with Gasteiger partial charge in [-0.05, 0) is 43.9 Å². The number of benzene rings is 1. The van der Waals surface area contributed by atoms with Crippen LogP contribution in [0.1, 0.15) is 35.8 Å². The first kappa shape index (κ1) is 13.8. The fourth-order valence-corrected chi connectivity index (χ4v) is 3.06. The largest absolute Gasteiger partial charge is 0.324 e. The van der Waals surface area contributed by atoms with Gasteiger partial charge in [-0.3, -0.25) is 10.1 Å². The van der Waals surface area contributed by atoms with Crippen LogP contribution in [0.3, 0.4) is 0 Å². The number of nitrogens with two attached hydrogens (primary N) is 1. The van der Waals surface area contributed by atoms with Crippen LogP contribution in [-0.2, 0) is 6.42 Å². The summed E-state index contributed by atoms with van der Waals surface area (Å²) in [6.07, 6.45) is 2.73. The second-order valence-electron chi connectivity index (χ2n) is 5.41. The van der Waals surface area contributed by atoms with Crippen molar-refractivity contribution in [2.24, 2.45) is 5.73 Å². The van der Waals surface area contributed by atoms with E-state index in [0.717, 1.165) is 42.3 Å². The van der Waals surface area contributed by atoms with Crippen molar-refractivity contribution in [3.8, 4) is 5.69 Å². The monoisotopic (exact) mass is 289 g/mol. The van der Waals surface area contributed by atoms with Gasteiger partial charge < -0.3 is 10.3 Å². The molecular formula is C15H16FN3O2. The first-order valence-electron chi connectivity index (χ1n) is 6.90. The third kappa shape index (κ3) is 2.21. The van der Waals surface area contributed by atoms with E-state index in [1.54, 1.807) is 0 Å². The van der Waals surface area contributed by atoms with Crippen molar-refractivity contribution in [2.45, 2.75) is 32.2 Å². The number of hydrogen-bond acceptors (Lipinski definition) is 3. The molecule has 1 aliphatic rings. The minimum absolute atomic E-state index is 0.0187. The predicted molar refractivity (Wildman–Crippen MR) is 77.0 cm³/mol. The minimum Gasteiger partial charge on any atom is -0.324 e. The molecule has 0 fully saturated rings. The summed E-state index contributed by atoms with van der Waals surface area (Å²) in [5.41, 5.74) is 9.17. The van der Waals surface area contributed by atoms with Crippen LogP contribution >= 0.6 is 0 Å². The van der Waals surface area contributed by atoms with Crippen molar-refractivity contribution in [2.75, 3.05) is 0 Å². The second-order valence-corrected chi connectivity index (χ2v) is 5.41. The Hall–Kier alpha value is -2.21. The fraction of sp³-hybridized carbons (Fsp3) is 0.333. The average molecular weight is 289 g/mol. The summed E-state index contributed by atoms with van der Waals surface area (Å²) in [5, 5.41) is 10.7. The van der Waals surface area contributed by atoms with Crippen LogP contribution in [0.4, 0.5) is 10.1 Å². The number of hydrogen-bond donors (Lipinski definition) is 1. The Labute approximate surface area is 121 Å². The summed E-state index contributed by atoms with van der Waals surface area (Å²) in [7, 11) is 0. The lowest BCUT2D eigenvalue weighted by molar-refractivity contribution is -0.385. The molecule has 0 amide bonds. The number of nitro groups is 1. The zero-order chi connectivity index (χ0) is 15.1. The summed E-state index contributed by atoms with van der Waals surface area (Å²) in [6.45, 7) is 1.89. The molecule has 0 radical (unpaired) electrons. The van der Waals surface area contributed by atoms with Gasteiger partial charge in [0.25, 0.3) is 5.69 Å². The van der Waals surface area contributed by atoms with Gasteiger partial charge in [-0.15, -0.1) is 0 Å². The molecular weight excluding hydrogens is 273 g/mol. The van der Waals surface area contributed by atoms with Gasteiger partial charge in [0.1, 0.15) is 0 Å². The Kier molecular flexibility index (Phi) is 3.25. The molecule has 6 heteroatoms. The molecule has 2 aromatic rings. The Balaban J connectivity index is 2.15. The Morgan fingerprint density at radius 1 is 1.43 bits per heavy atom. The number of nitro benzene ring substituents is 1. The molecule has 0 bridgehead atoms. The van der Waals surface area contributed by atoms with Crippen molar-refractivity contribution >= 4 is 5.69 Å². The molecule has 1 aromatic heterocycles. The third-order valence-electron chi connectivity index (χ3n) is 4.03. The molecule has 0 aliphatic heterocycles. The van der Waals surface area contributed by atoms with E-state index in [1.165, 1.54) is 12.1 Å². The van der Waals surface area contributed by atoms with Gasteiger partial charge in [-0.1, -0.05) is 0 Å². The number of nitrogens with zero attached hydrogens (tertiary/aromatic N) is 2. The Morgan fingerprint density at radius 3 is 2.86 bits per heavy atom. The first-order chi connectivity index (χ1) is 9.99. The van der Waals surface area contributed by atoms with E-state index in [2.05, 4.69) is 0 Å². The van der Waals surface area contributed by atoms with E-state index < -0.39 is 10.7 Å². The van der Waals surface area contributed by atoms with Crippen molar-refractivity contribution in [1.29, 1.82) is 0 Å². The standard InChI is InChI=1S/C15H16FN3O2/c1-9-7-11-13(17)3-2-4-14(11)18(9)15-6-5-10(19(20)21)8-12(15)16/h5-8,13H,2-4,17H2,1H3. The molecule has 1 heterocycles. The van der Waals surface area contributed by atoms with E-state index in [-0.39, 0.29) is 11.7 Å². The van der Waals surface area contributed by atoms with Gasteiger partial charge in [-0.2, -0.15) is 0 Å². The summed E-state index contributed by atoms with van der Waals surface area (Å²) >= 11 is 0. The van der Waals surface area contributed by atoms with E-state index in [4.69, 9.17) is 5.73 Å². The molecule has 1 aromatic carbocycles. The molecule has 3 rings (SSSR count). The van der Waals surface area contributed by atoms with Crippen LogP contribution in [0.2, 0.25) is 0 Å². The number of fused-ring (bicyclic) bond motifs is 1. The topological polar surface area (TPSA) is 74.1 Å². The first-order valence-corrected chi connectivity index (χ1v) is 6.90. The van der Waals surface area contributed by atoms with Gasteiger partial charge in [0.15, 0.2) is 5.82 Å². The SMILES string of the molecule is Cc1cc2c(n1-c1ccc([N+](=O)[O-])cc1F)CCCC2N. The van der Waals surface area contributed by atoms with E-state index in [1.807, 2.05) is 17.6 Å². The van der Waals surface area contributed by atoms with Crippen molar-refractivity contribution in [3.63, 3.8) is 0 Å². The highest BCUT2D eigenvalue weighted by Crippen LogP contribution is 2.33. The van der Waals surface area contributed by atoms with Gasteiger partial charge in [-0.25, -0.2) is 4.39 Å². The number of non-ortho nitro benzene ring substituents is 1. The quantitative estimate of drug-likeness (QED) is 0.681. The van der Waals surface area contributed by atoms with Crippen LogP contribution in [0, 0.1) is 22.9 Å². The molecule has 1 atom stereocenters. The molecule has 21 heavy (non-hydrogen) atoms.